The zero-order valence-corrected chi connectivity index (χ0v) is 12.3. The van der Waals surface area contributed by atoms with Crippen LogP contribution < -0.4 is 20.1 Å². The van der Waals surface area contributed by atoms with Gasteiger partial charge in [0.1, 0.15) is 0 Å². The molecular formula is C15H22N2O4. The van der Waals surface area contributed by atoms with Crippen LogP contribution in [0, 0.1) is 0 Å². The van der Waals surface area contributed by atoms with Crippen LogP contribution in [0.5, 0.6) is 11.5 Å². The lowest BCUT2D eigenvalue weighted by Gasteiger charge is -2.10. The Morgan fingerprint density at radius 3 is 2.90 bits per heavy atom. The van der Waals surface area contributed by atoms with E-state index in [9.17, 15) is 4.79 Å². The second kappa shape index (κ2) is 8.49. The molecule has 0 aliphatic carbocycles. The molecule has 1 aromatic carbocycles. The molecule has 1 aliphatic rings. The molecule has 1 aliphatic heterocycles. The first-order chi connectivity index (χ1) is 10.3. The third-order valence-corrected chi connectivity index (χ3v) is 3.07. The van der Waals surface area contributed by atoms with E-state index in [0.717, 1.165) is 23.5 Å². The maximum atomic E-state index is 11.7. The van der Waals surface area contributed by atoms with Crippen molar-refractivity contribution in [2.24, 2.45) is 0 Å². The van der Waals surface area contributed by atoms with Gasteiger partial charge in [0, 0.05) is 26.6 Å². The molecular weight excluding hydrogens is 272 g/mol. The highest BCUT2D eigenvalue weighted by Gasteiger charge is 2.10. The van der Waals surface area contributed by atoms with Crippen molar-refractivity contribution in [3.8, 4) is 11.5 Å². The molecule has 1 aromatic rings. The van der Waals surface area contributed by atoms with E-state index in [0.29, 0.717) is 32.9 Å². The number of hydrogen-bond donors (Lipinski definition) is 2. The first-order valence-electron chi connectivity index (χ1n) is 7.14. The highest BCUT2D eigenvalue weighted by molar-refractivity contribution is 5.77. The lowest BCUT2D eigenvalue weighted by Crippen LogP contribution is -2.34. The Hall–Kier alpha value is -1.79. The predicted octanol–water partition coefficient (Wildman–Crippen LogP) is 0.700. The van der Waals surface area contributed by atoms with Crippen LogP contribution in [-0.2, 0) is 16.1 Å². The van der Waals surface area contributed by atoms with Crippen molar-refractivity contribution in [2.75, 3.05) is 40.0 Å². The predicted molar refractivity (Wildman–Crippen MR) is 78.6 cm³/mol. The maximum absolute atomic E-state index is 11.7. The number of benzene rings is 1. The van der Waals surface area contributed by atoms with Crippen LogP contribution in [0.1, 0.15) is 12.0 Å². The molecule has 0 fully saturated rings. The van der Waals surface area contributed by atoms with E-state index in [-0.39, 0.29) is 12.5 Å². The summed E-state index contributed by atoms with van der Waals surface area (Å²) in [5.41, 5.74) is 0.990. The number of rotatable bonds is 7. The number of hydrogen-bond acceptors (Lipinski definition) is 5. The summed E-state index contributed by atoms with van der Waals surface area (Å²) >= 11 is 0. The molecule has 0 saturated heterocycles. The summed E-state index contributed by atoms with van der Waals surface area (Å²) < 4.78 is 16.1. The average Bonchev–Trinajstić information content (AvgIpc) is 2.74. The van der Waals surface area contributed by atoms with E-state index in [1.165, 1.54) is 0 Å². The number of carbonyl (C=O) groups excluding carboxylic acids is 1. The molecule has 0 bridgehead atoms. The summed E-state index contributed by atoms with van der Waals surface area (Å²) in [5, 5.41) is 5.86. The SMILES string of the molecule is COCCNCC(=O)NCc1ccc2c(c1)OCCCO2. The Balaban J connectivity index is 1.78. The van der Waals surface area contributed by atoms with Gasteiger partial charge in [-0.25, -0.2) is 0 Å². The number of amides is 1. The third kappa shape index (κ3) is 5.24. The van der Waals surface area contributed by atoms with E-state index < -0.39 is 0 Å². The van der Waals surface area contributed by atoms with E-state index >= 15 is 0 Å². The number of ether oxygens (including phenoxy) is 3. The fraction of sp³-hybridized carbons (Fsp3) is 0.533. The fourth-order valence-corrected chi connectivity index (χ4v) is 1.96. The van der Waals surface area contributed by atoms with Crippen molar-refractivity contribution in [1.29, 1.82) is 0 Å². The molecule has 0 radical (unpaired) electrons. The van der Waals surface area contributed by atoms with Gasteiger partial charge in [0.2, 0.25) is 5.91 Å². The molecule has 116 valence electrons. The van der Waals surface area contributed by atoms with Gasteiger partial charge in [-0.15, -0.1) is 0 Å². The summed E-state index contributed by atoms with van der Waals surface area (Å²) in [6.07, 6.45) is 0.883. The Morgan fingerprint density at radius 1 is 1.29 bits per heavy atom. The Morgan fingerprint density at radius 2 is 2.10 bits per heavy atom. The van der Waals surface area contributed by atoms with Crippen molar-refractivity contribution in [3.63, 3.8) is 0 Å². The highest BCUT2D eigenvalue weighted by atomic mass is 16.5. The zero-order chi connectivity index (χ0) is 14.9. The van der Waals surface area contributed by atoms with Gasteiger partial charge in [-0.05, 0) is 17.7 Å². The molecule has 21 heavy (non-hydrogen) atoms. The second-order valence-corrected chi connectivity index (χ2v) is 4.78. The summed E-state index contributed by atoms with van der Waals surface area (Å²) in [4.78, 5) is 11.7. The normalized spacial score (nSPS) is 13.6. The summed E-state index contributed by atoms with van der Waals surface area (Å²) in [7, 11) is 1.63. The number of fused-ring (bicyclic) bond motifs is 1. The van der Waals surface area contributed by atoms with E-state index in [2.05, 4.69) is 10.6 Å². The molecule has 2 N–H and O–H groups in total. The Bertz CT molecular complexity index is 465. The Labute approximate surface area is 124 Å². The van der Waals surface area contributed by atoms with Gasteiger partial charge in [-0.1, -0.05) is 6.07 Å². The number of carbonyl (C=O) groups is 1. The molecule has 0 atom stereocenters. The summed E-state index contributed by atoms with van der Waals surface area (Å²) in [5.74, 6) is 1.47. The van der Waals surface area contributed by atoms with E-state index in [1.54, 1.807) is 7.11 Å². The summed E-state index contributed by atoms with van der Waals surface area (Å²) in [6.45, 7) is 3.35. The molecule has 0 unspecified atom stereocenters. The number of methoxy groups -OCH3 is 1. The van der Waals surface area contributed by atoms with E-state index in [1.807, 2.05) is 18.2 Å². The minimum Gasteiger partial charge on any atom is -0.490 e. The summed E-state index contributed by atoms with van der Waals surface area (Å²) in [6, 6.07) is 5.74. The lowest BCUT2D eigenvalue weighted by atomic mass is 10.2. The Kier molecular flexibility index (Phi) is 6.30. The van der Waals surface area contributed by atoms with Crippen LogP contribution in [0.2, 0.25) is 0 Å². The van der Waals surface area contributed by atoms with Gasteiger partial charge in [0.25, 0.3) is 0 Å². The molecule has 1 heterocycles. The maximum Gasteiger partial charge on any atom is 0.234 e. The second-order valence-electron chi connectivity index (χ2n) is 4.78. The molecule has 6 heteroatoms. The van der Waals surface area contributed by atoms with Crippen LogP contribution in [0.4, 0.5) is 0 Å². The van der Waals surface area contributed by atoms with Crippen molar-refractivity contribution in [2.45, 2.75) is 13.0 Å². The largest absolute Gasteiger partial charge is 0.490 e. The molecule has 6 nitrogen and oxygen atoms in total. The monoisotopic (exact) mass is 294 g/mol. The molecule has 0 spiro atoms. The highest BCUT2D eigenvalue weighted by Crippen LogP contribution is 2.30. The van der Waals surface area contributed by atoms with Crippen molar-refractivity contribution < 1.29 is 19.0 Å². The standard InChI is InChI=1S/C15H22N2O4/c1-19-8-5-16-11-15(18)17-10-12-3-4-13-14(9-12)21-7-2-6-20-13/h3-4,9,16H,2,5-8,10-11H2,1H3,(H,17,18). The van der Waals surface area contributed by atoms with Crippen LogP contribution in [0.25, 0.3) is 0 Å². The van der Waals surface area contributed by atoms with E-state index in [4.69, 9.17) is 14.2 Å². The van der Waals surface area contributed by atoms with Gasteiger partial charge < -0.3 is 24.8 Å². The quantitative estimate of drug-likeness (QED) is 0.725. The fourth-order valence-electron chi connectivity index (χ4n) is 1.96. The minimum absolute atomic E-state index is 0.0433. The molecule has 1 amide bonds. The van der Waals surface area contributed by atoms with Crippen molar-refractivity contribution in [3.05, 3.63) is 23.8 Å². The topological polar surface area (TPSA) is 68.8 Å². The van der Waals surface area contributed by atoms with Gasteiger partial charge in [-0.2, -0.15) is 0 Å². The third-order valence-electron chi connectivity index (χ3n) is 3.07. The molecule has 2 rings (SSSR count). The van der Waals surface area contributed by atoms with Gasteiger partial charge in [-0.3, -0.25) is 4.79 Å². The number of nitrogens with one attached hydrogen (secondary N) is 2. The van der Waals surface area contributed by atoms with Crippen LogP contribution in [-0.4, -0.2) is 45.9 Å². The van der Waals surface area contributed by atoms with Crippen LogP contribution in [0.15, 0.2) is 18.2 Å². The van der Waals surface area contributed by atoms with Crippen molar-refractivity contribution >= 4 is 5.91 Å². The lowest BCUT2D eigenvalue weighted by molar-refractivity contribution is -0.120. The van der Waals surface area contributed by atoms with Crippen LogP contribution in [0.3, 0.4) is 0 Å². The van der Waals surface area contributed by atoms with Gasteiger partial charge in [0.15, 0.2) is 11.5 Å². The first-order valence-corrected chi connectivity index (χ1v) is 7.14. The molecule has 0 aromatic heterocycles. The minimum atomic E-state index is -0.0433. The van der Waals surface area contributed by atoms with Crippen molar-refractivity contribution in [1.82, 2.24) is 10.6 Å². The van der Waals surface area contributed by atoms with Gasteiger partial charge >= 0.3 is 0 Å². The molecule has 0 saturated carbocycles. The zero-order valence-electron chi connectivity index (χ0n) is 12.3. The first kappa shape index (κ1) is 15.6. The smallest absolute Gasteiger partial charge is 0.234 e. The average molecular weight is 294 g/mol. The van der Waals surface area contributed by atoms with Crippen LogP contribution >= 0.6 is 0 Å². The van der Waals surface area contributed by atoms with Gasteiger partial charge in [0.05, 0.1) is 26.4 Å².